The van der Waals surface area contributed by atoms with E-state index >= 15 is 0 Å². The number of rotatable bonds is 5. The van der Waals surface area contributed by atoms with Gasteiger partial charge in [0.1, 0.15) is 0 Å². The van der Waals surface area contributed by atoms with E-state index in [0.29, 0.717) is 13.2 Å². The number of ether oxygens (including phenoxy) is 1. The van der Waals surface area contributed by atoms with Crippen molar-refractivity contribution in [2.24, 2.45) is 5.92 Å². The van der Waals surface area contributed by atoms with Gasteiger partial charge in [0.25, 0.3) is 0 Å². The molecule has 1 aliphatic heterocycles. The summed E-state index contributed by atoms with van der Waals surface area (Å²) in [6.45, 7) is 2.77. The Labute approximate surface area is 118 Å². The van der Waals surface area contributed by atoms with Crippen LogP contribution in [0.5, 0.6) is 0 Å². The third-order valence-electron chi connectivity index (χ3n) is 3.67. The number of likely N-dealkylation sites (tertiary alicyclic amines) is 1. The molecule has 1 aromatic carbocycles. The first-order valence-electron chi connectivity index (χ1n) is 6.62. The molecule has 0 spiro atoms. The predicted molar refractivity (Wildman–Crippen MR) is 73.3 cm³/mol. The van der Waals surface area contributed by atoms with Gasteiger partial charge in [-0.05, 0) is 12.5 Å². The van der Waals surface area contributed by atoms with Gasteiger partial charge in [-0.15, -0.1) is 0 Å². The Hall–Kier alpha value is -1.88. The minimum atomic E-state index is -0.926. The molecule has 0 unspecified atom stereocenters. The summed E-state index contributed by atoms with van der Waals surface area (Å²) in [5, 5.41) is 9.37. The Kier molecular flexibility index (Phi) is 4.39. The second-order valence-corrected chi connectivity index (χ2v) is 5.09. The minimum Gasteiger partial charge on any atom is -0.481 e. The van der Waals surface area contributed by atoms with Gasteiger partial charge in [-0.2, -0.15) is 0 Å². The van der Waals surface area contributed by atoms with Crippen molar-refractivity contribution in [1.82, 2.24) is 4.90 Å². The van der Waals surface area contributed by atoms with Crippen molar-refractivity contribution >= 4 is 11.9 Å². The fourth-order valence-electron chi connectivity index (χ4n) is 2.73. The van der Waals surface area contributed by atoms with E-state index in [1.807, 2.05) is 31.2 Å². The predicted octanol–water partition coefficient (Wildman–Crippen LogP) is 1.62. The number of hydrogen-bond acceptors (Lipinski definition) is 3. The van der Waals surface area contributed by atoms with Crippen LogP contribution in [0.4, 0.5) is 0 Å². The largest absolute Gasteiger partial charge is 0.481 e. The summed E-state index contributed by atoms with van der Waals surface area (Å²) >= 11 is 0. The zero-order valence-electron chi connectivity index (χ0n) is 11.7. The molecule has 1 amide bonds. The average molecular weight is 277 g/mol. The number of nitrogens with zero attached hydrogens (tertiary/aromatic N) is 1. The minimum absolute atomic E-state index is 0.0532. The van der Waals surface area contributed by atoms with E-state index in [0.717, 1.165) is 11.1 Å². The first-order valence-corrected chi connectivity index (χ1v) is 6.62. The van der Waals surface area contributed by atoms with Crippen LogP contribution in [-0.2, 0) is 14.3 Å². The van der Waals surface area contributed by atoms with Gasteiger partial charge in [0.05, 0.1) is 18.6 Å². The highest BCUT2D eigenvalue weighted by Gasteiger charge is 2.44. The molecule has 108 valence electrons. The van der Waals surface area contributed by atoms with E-state index in [1.54, 1.807) is 12.0 Å². The molecule has 2 rings (SSSR count). The molecule has 0 radical (unpaired) electrons. The van der Waals surface area contributed by atoms with Crippen LogP contribution in [0.15, 0.2) is 24.3 Å². The second kappa shape index (κ2) is 6.05. The number of hydrogen-bond donors (Lipinski definition) is 1. The van der Waals surface area contributed by atoms with E-state index < -0.39 is 17.9 Å². The normalized spacial score (nSPS) is 22.3. The van der Waals surface area contributed by atoms with Gasteiger partial charge in [-0.3, -0.25) is 9.59 Å². The third kappa shape index (κ3) is 2.82. The summed E-state index contributed by atoms with van der Waals surface area (Å²) in [4.78, 5) is 25.1. The molecule has 0 aliphatic carbocycles. The van der Waals surface area contributed by atoms with Crippen LogP contribution in [0.3, 0.4) is 0 Å². The monoisotopic (exact) mass is 277 g/mol. The van der Waals surface area contributed by atoms with Crippen molar-refractivity contribution in [3.8, 4) is 0 Å². The first-order chi connectivity index (χ1) is 9.54. The van der Waals surface area contributed by atoms with Crippen LogP contribution in [0.1, 0.15) is 23.6 Å². The number of carbonyl (C=O) groups is 2. The third-order valence-corrected chi connectivity index (χ3v) is 3.67. The van der Waals surface area contributed by atoms with Crippen LogP contribution < -0.4 is 0 Å². The summed E-state index contributed by atoms with van der Waals surface area (Å²) in [6, 6.07) is 7.26. The van der Waals surface area contributed by atoms with Gasteiger partial charge >= 0.3 is 5.97 Å². The Morgan fingerprint density at radius 3 is 2.85 bits per heavy atom. The zero-order chi connectivity index (χ0) is 14.7. The van der Waals surface area contributed by atoms with E-state index in [9.17, 15) is 14.7 Å². The average Bonchev–Trinajstić information content (AvgIpc) is 2.73. The first kappa shape index (κ1) is 14.5. The van der Waals surface area contributed by atoms with Crippen molar-refractivity contribution in [3.05, 3.63) is 35.4 Å². The Morgan fingerprint density at radius 1 is 1.50 bits per heavy atom. The van der Waals surface area contributed by atoms with Crippen LogP contribution in [0, 0.1) is 12.8 Å². The van der Waals surface area contributed by atoms with Crippen LogP contribution in [-0.4, -0.2) is 42.1 Å². The second-order valence-electron chi connectivity index (χ2n) is 5.09. The van der Waals surface area contributed by atoms with Crippen molar-refractivity contribution in [1.29, 1.82) is 0 Å². The molecule has 0 bridgehead atoms. The molecule has 2 atom stereocenters. The van der Waals surface area contributed by atoms with Crippen molar-refractivity contribution in [3.63, 3.8) is 0 Å². The van der Waals surface area contributed by atoms with Gasteiger partial charge < -0.3 is 14.7 Å². The lowest BCUT2D eigenvalue weighted by Gasteiger charge is -2.27. The Morgan fingerprint density at radius 2 is 2.25 bits per heavy atom. The SMILES string of the molecule is COCCN1C(=O)C[C@@H](C(=O)O)[C@@H]1c1cccc(C)c1. The topological polar surface area (TPSA) is 66.8 Å². The lowest BCUT2D eigenvalue weighted by molar-refractivity contribution is -0.142. The molecule has 0 aromatic heterocycles. The summed E-state index contributed by atoms with van der Waals surface area (Å²) in [5.41, 5.74) is 1.93. The standard InChI is InChI=1S/C15H19NO4/c1-10-4-3-5-11(8-10)14-12(15(18)19)9-13(17)16(14)6-7-20-2/h3-5,8,12,14H,6-7,9H2,1-2H3,(H,18,19)/t12-,14+/m1/s1. The maximum Gasteiger partial charge on any atom is 0.309 e. The van der Waals surface area contributed by atoms with Gasteiger partial charge in [0, 0.05) is 20.1 Å². The maximum absolute atomic E-state index is 12.1. The lowest BCUT2D eigenvalue weighted by Crippen LogP contribution is -2.33. The molecule has 1 heterocycles. The Balaban J connectivity index is 2.35. The molecular weight excluding hydrogens is 258 g/mol. The quantitative estimate of drug-likeness (QED) is 0.888. The molecule has 1 saturated heterocycles. The highest BCUT2D eigenvalue weighted by molar-refractivity contribution is 5.87. The molecule has 5 nitrogen and oxygen atoms in total. The van der Waals surface area contributed by atoms with Crippen molar-refractivity contribution < 1.29 is 19.4 Å². The van der Waals surface area contributed by atoms with Gasteiger partial charge in [-0.25, -0.2) is 0 Å². The number of aryl methyl sites for hydroxylation is 1. The van der Waals surface area contributed by atoms with Crippen LogP contribution >= 0.6 is 0 Å². The number of amides is 1. The molecule has 1 aromatic rings. The van der Waals surface area contributed by atoms with E-state index in [-0.39, 0.29) is 12.3 Å². The fourth-order valence-corrected chi connectivity index (χ4v) is 2.73. The van der Waals surface area contributed by atoms with Gasteiger partial charge in [-0.1, -0.05) is 29.8 Å². The molecular formula is C15H19NO4. The molecule has 0 saturated carbocycles. The summed E-state index contributed by atoms with van der Waals surface area (Å²) in [7, 11) is 1.57. The molecule has 5 heteroatoms. The Bertz CT molecular complexity index is 514. The van der Waals surface area contributed by atoms with E-state index in [4.69, 9.17) is 4.74 Å². The highest BCUT2D eigenvalue weighted by atomic mass is 16.5. The fraction of sp³-hybridized carbons (Fsp3) is 0.467. The van der Waals surface area contributed by atoms with Crippen molar-refractivity contribution in [2.45, 2.75) is 19.4 Å². The molecule has 1 N–H and O–H groups in total. The summed E-state index contributed by atoms with van der Waals surface area (Å²) < 4.78 is 5.01. The number of carboxylic acids is 1. The summed E-state index contributed by atoms with van der Waals surface area (Å²) in [6.07, 6.45) is 0.0532. The molecule has 1 aliphatic rings. The van der Waals surface area contributed by atoms with Gasteiger partial charge in [0.15, 0.2) is 0 Å². The van der Waals surface area contributed by atoms with E-state index in [1.165, 1.54) is 0 Å². The zero-order valence-corrected chi connectivity index (χ0v) is 11.7. The molecule has 1 fully saturated rings. The smallest absolute Gasteiger partial charge is 0.309 e. The number of carboxylic acid groups (broad SMARTS) is 1. The van der Waals surface area contributed by atoms with Crippen LogP contribution in [0.25, 0.3) is 0 Å². The number of benzene rings is 1. The number of methoxy groups -OCH3 is 1. The number of carbonyl (C=O) groups excluding carboxylic acids is 1. The van der Waals surface area contributed by atoms with E-state index in [2.05, 4.69) is 0 Å². The van der Waals surface area contributed by atoms with Gasteiger partial charge in [0.2, 0.25) is 5.91 Å². The van der Waals surface area contributed by atoms with Crippen LogP contribution in [0.2, 0.25) is 0 Å². The molecule has 20 heavy (non-hydrogen) atoms. The highest BCUT2D eigenvalue weighted by Crippen LogP contribution is 2.38. The maximum atomic E-state index is 12.1. The van der Waals surface area contributed by atoms with Crippen molar-refractivity contribution in [2.75, 3.05) is 20.3 Å². The number of aliphatic carboxylic acids is 1. The summed E-state index contributed by atoms with van der Waals surface area (Å²) in [5.74, 6) is -1.74. The lowest BCUT2D eigenvalue weighted by atomic mass is 9.93.